The number of hydrogen-bond donors (Lipinski definition) is 1. The normalized spacial score (nSPS) is 11.0. The minimum Gasteiger partial charge on any atom is -0.490 e. The van der Waals surface area contributed by atoms with Crippen molar-refractivity contribution in [2.24, 2.45) is 0 Å². The molecule has 0 heterocycles. The Kier molecular flexibility index (Phi) is 7.15. The first kappa shape index (κ1) is 20.2. The van der Waals surface area contributed by atoms with Gasteiger partial charge >= 0.3 is 6.61 Å². The molecule has 0 fully saturated rings. The SMILES string of the molecule is CCOc1cc(/C=C(\C#N)C(=O)Nc2ccccc2Cl)ccc1OC(F)F. The molecule has 0 bridgehead atoms. The lowest BCUT2D eigenvalue weighted by Crippen LogP contribution is -2.13. The number of para-hydroxylation sites is 1. The summed E-state index contributed by atoms with van der Waals surface area (Å²) in [7, 11) is 0. The second kappa shape index (κ2) is 9.55. The van der Waals surface area contributed by atoms with Crippen LogP contribution in [0.1, 0.15) is 12.5 Å². The van der Waals surface area contributed by atoms with Crippen molar-refractivity contribution >= 4 is 29.3 Å². The topological polar surface area (TPSA) is 71.3 Å². The van der Waals surface area contributed by atoms with Crippen LogP contribution in [-0.2, 0) is 4.79 Å². The van der Waals surface area contributed by atoms with Crippen LogP contribution in [-0.4, -0.2) is 19.1 Å². The largest absolute Gasteiger partial charge is 0.490 e. The van der Waals surface area contributed by atoms with Crippen LogP contribution < -0.4 is 14.8 Å². The van der Waals surface area contributed by atoms with E-state index in [0.717, 1.165) is 0 Å². The number of amides is 1. The third-order valence-electron chi connectivity index (χ3n) is 3.28. The van der Waals surface area contributed by atoms with Gasteiger partial charge in [0, 0.05) is 0 Å². The zero-order valence-electron chi connectivity index (χ0n) is 14.2. The molecule has 0 saturated heterocycles. The molecule has 2 aromatic carbocycles. The van der Waals surface area contributed by atoms with Crippen molar-refractivity contribution in [1.29, 1.82) is 5.26 Å². The number of ether oxygens (including phenoxy) is 2. The first-order valence-electron chi connectivity index (χ1n) is 7.84. The molecule has 2 aromatic rings. The van der Waals surface area contributed by atoms with Gasteiger partial charge in [-0.15, -0.1) is 0 Å². The molecule has 1 N–H and O–H groups in total. The second-order valence-corrected chi connectivity index (χ2v) is 5.53. The van der Waals surface area contributed by atoms with Gasteiger partial charge in [0.05, 0.1) is 17.3 Å². The van der Waals surface area contributed by atoms with Gasteiger partial charge in [0.1, 0.15) is 11.6 Å². The van der Waals surface area contributed by atoms with E-state index in [1.165, 1.54) is 24.3 Å². The molecule has 140 valence electrons. The highest BCUT2D eigenvalue weighted by Gasteiger charge is 2.14. The molecule has 0 saturated carbocycles. The Morgan fingerprint density at radius 1 is 1.30 bits per heavy atom. The number of hydrogen-bond acceptors (Lipinski definition) is 4. The summed E-state index contributed by atoms with van der Waals surface area (Å²) in [6.45, 7) is -1.08. The van der Waals surface area contributed by atoms with Gasteiger partial charge < -0.3 is 14.8 Å². The predicted molar refractivity (Wildman–Crippen MR) is 97.9 cm³/mol. The molecule has 0 atom stereocenters. The maximum atomic E-state index is 12.5. The molecule has 0 unspecified atom stereocenters. The summed E-state index contributed by atoms with van der Waals surface area (Å²) >= 11 is 5.98. The Hall–Kier alpha value is -3.11. The maximum Gasteiger partial charge on any atom is 0.387 e. The lowest BCUT2D eigenvalue weighted by atomic mass is 10.1. The van der Waals surface area contributed by atoms with E-state index < -0.39 is 12.5 Å². The highest BCUT2D eigenvalue weighted by atomic mass is 35.5. The summed E-state index contributed by atoms with van der Waals surface area (Å²) in [6, 6.07) is 12.5. The Labute approximate surface area is 159 Å². The van der Waals surface area contributed by atoms with E-state index in [9.17, 15) is 18.8 Å². The molecular weight excluding hydrogens is 378 g/mol. The average Bonchev–Trinajstić information content (AvgIpc) is 2.63. The Balaban J connectivity index is 2.28. The van der Waals surface area contributed by atoms with E-state index in [1.807, 2.05) is 0 Å². The van der Waals surface area contributed by atoms with E-state index in [2.05, 4.69) is 10.1 Å². The molecule has 0 aliphatic heterocycles. The second-order valence-electron chi connectivity index (χ2n) is 5.12. The summed E-state index contributed by atoms with van der Waals surface area (Å²) in [5, 5.41) is 12.2. The zero-order chi connectivity index (χ0) is 19.8. The van der Waals surface area contributed by atoms with Gasteiger partial charge in [-0.3, -0.25) is 4.79 Å². The van der Waals surface area contributed by atoms with Crippen LogP contribution in [0.25, 0.3) is 6.08 Å². The smallest absolute Gasteiger partial charge is 0.387 e. The van der Waals surface area contributed by atoms with Gasteiger partial charge in [-0.1, -0.05) is 29.8 Å². The highest BCUT2D eigenvalue weighted by molar-refractivity contribution is 6.34. The van der Waals surface area contributed by atoms with Crippen molar-refractivity contribution in [2.75, 3.05) is 11.9 Å². The molecule has 0 spiro atoms. The number of benzene rings is 2. The molecule has 2 rings (SSSR count). The Morgan fingerprint density at radius 3 is 2.67 bits per heavy atom. The average molecular weight is 393 g/mol. The number of nitrogens with one attached hydrogen (secondary N) is 1. The van der Waals surface area contributed by atoms with Crippen LogP contribution >= 0.6 is 11.6 Å². The molecule has 27 heavy (non-hydrogen) atoms. The number of carbonyl (C=O) groups is 1. The first-order valence-corrected chi connectivity index (χ1v) is 8.21. The van der Waals surface area contributed by atoms with Crippen LogP contribution in [0.3, 0.4) is 0 Å². The summed E-state index contributed by atoms with van der Waals surface area (Å²) in [4.78, 5) is 12.3. The van der Waals surface area contributed by atoms with Crippen molar-refractivity contribution in [3.63, 3.8) is 0 Å². The number of nitrogens with zero attached hydrogens (tertiary/aromatic N) is 1. The Morgan fingerprint density at radius 2 is 2.04 bits per heavy atom. The van der Waals surface area contributed by atoms with Crippen molar-refractivity contribution in [3.8, 4) is 17.6 Å². The standard InChI is InChI=1S/C19H15ClF2N2O3/c1-2-26-17-10-12(7-8-16(17)27-19(21)22)9-13(11-23)18(25)24-15-6-4-3-5-14(15)20/h3-10,19H,2H2,1H3,(H,24,25)/b13-9+. The van der Waals surface area contributed by atoms with E-state index in [0.29, 0.717) is 16.3 Å². The van der Waals surface area contributed by atoms with Gasteiger partial charge in [-0.2, -0.15) is 14.0 Å². The molecule has 0 radical (unpaired) electrons. The number of halogens is 3. The van der Waals surface area contributed by atoms with E-state index in [-0.39, 0.29) is 23.7 Å². The monoisotopic (exact) mass is 392 g/mol. The van der Waals surface area contributed by atoms with Crippen molar-refractivity contribution in [2.45, 2.75) is 13.5 Å². The zero-order valence-corrected chi connectivity index (χ0v) is 15.0. The highest BCUT2D eigenvalue weighted by Crippen LogP contribution is 2.31. The van der Waals surface area contributed by atoms with Gasteiger partial charge in [0.25, 0.3) is 5.91 Å². The lowest BCUT2D eigenvalue weighted by molar-refractivity contribution is -0.112. The number of alkyl halides is 2. The van der Waals surface area contributed by atoms with E-state index in [1.54, 1.807) is 37.3 Å². The lowest BCUT2D eigenvalue weighted by Gasteiger charge is -2.12. The van der Waals surface area contributed by atoms with Gasteiger partial charge in [0.15, 0.2) is 11.5 Å². The summed E-state index contributed by atoms with van der Waals surface area (Å²) in [5.41, 5.74) is 0.576. The van der Waals surface area contributed by atoms with E-state index in [4.69, 9.17) is 16.3 Å². The summed E-state index contributed by atoms with van der Waals surface area (Å²) in [5.74, 6) is -0.713. The number of anilines is 1. The third kappa shape index (κ3) is 5.69. The van der Waals surface area contributed by atoms with Crippen molar-refractivity contribution in [3.05, 3.63) is 58.6 Å². The molecule has 1 amide bonds. The van der Waals surface area contributed by atoms with Gasteiger partial charge in [-0.05, 0) is 42.8 Å². The number of nitriles is 1. The third-order valence-corrected chi connectivity index (χ3v) is 3.61. The fourth-order valence-corrected chi connectivity index (χ4v) is 2.33. The van der Waals surface area contributed by atoms with Crippen LogP contribution in [0.2, 0.25) is 5.02 Å². The maximum absolute atomic E-state index is 12.5. The minimum atomic E-state index is -3.00. The fourth-order valence-electron chi connectivity index (χ4n) is 2.14. The first-order chi connectivity index (χ1) is 12.9. The van der Waals surface area contributed by atoms with Crippen molar-refractivity contribution < 1.29 is 23.0 Å². The fraction of sp³-hybridized carbons (Fsp3) is 0.158. The minimum absolute atomic E-state index is 0.0790. The molecule has 8 heteroatoms. The predicted octanol–water partition coefficient (Wildman–Crippen LogP) is 4.89. The quantitative estimate of drug-likeness (QED) is 0.538. The molecule has 5 nitrogen and oxygen atoms in total. The number of rotatable bonds is 7. The Bertz CT molecular complexity index is 895. The van der Waals surface area contributed by atoms with Gasteiger partial charge in [-0.25, -0.2) is 0 Å². The van der Waals surface area contributed by atoms with Gasteiger partial charge in [0.2, 0.25) is 0 Å². The van der Waals surface area contributed by atoms with Crippen LogP contribution in [0.15, 0.2) is 48.0 Å². The summed E-state index contributed by atoms with van der Waals surface area (Å²) in [6.07, 6.45) is 1.31. The van der Waals surface area contributed by atoms with Crippen LogP contribution in [0, 0.1) is 11.3 Å². The molecule has 0 aliphatic carbocycles. The molecule has 0 aliphatic rings. The summed E-state index contributed by atoms with van der Waals surface area (Å²) < 4.78 is 34.6. The van der Waals surface area contributed by atoms with Crippen LogP contribution in [0.4, 0.5) is 14.5 Å². The van der Waals surface area contributed by atoms with E-state index >= 15 is 0 Å². The van der Waals surface area contributed by atoms with Crippen LogP contribution in [0.5, 0.6) is 11.5 Å². The molecule has 0 aromatic heterocycles. The number of carbonyl (C=O) groups excluding carboxylic acids is 1. The molecular formula is C19H15ClF2N2O3. The van der Waals surface area contributed by atoms with Crippen molar-refractivity contribution in [1.82, 2.24) is 0 Å².